The summed E-state index contributed by atoms with van der Waals surface area (Å²) in [5.41, 5.74) is 2.54. The molecule has 10 aromatic rings. The predicted octanol–water partition coefficient (Wildman–Crippen LogP) is 15.4. The van der Waals surface area contributed by atoms with E-state index in [4.69, 9.17) is 3.79 Å². The molecule has 30 heteroatoms. The summed E-state index contributed by atoms with van der Waals surface area (Å²) in [5.74, 6) is -0.127. The molecule has 5 aromatic heterocycles. The van der Waals surface area contributed by atoms with Gasteiger partial charge in [0.1, 0.15) is 17.0 Å². The van der Waals surface area contributed by atoms with Gasteiger partial charge in [0.05, 0.1) is 11.9 Å². The molecule has 0 saturated carbocycles. The number of hydrogen-bond donors (Lipinski definition) is 0. The Hall–Kier alpha value is -5.35. The van der Waals surface area contributed by atoms with Gasteiger partial charge in [0.2, 0.25) is 0 Å². The van der Waals surface area contributed by atoms with Crippen molar-refractivity contribution in [2.45, 2.75) is 114 Å². The number of rotatable bonds is 17. The van der Waals surface area contributed by atoms with Gasteiger partial charge in [-0.05, 0) is 72.1 Å². The van der Waals surface area contributed by atoms with Gasteiger partial charge in [0.15, 0.2) is 5.69 Å². The van der Waals surface area contributed by atoms with Crippen molar-refractivity contribution in [3.05, 3.63) is 215 Å². The fraction of sp³-hybridized carbons (Fsp3) is 0.286. The number of aromatic nitrogens is 10. The molecule has 5 radical (unpaired) electrons. The van der Waals surface area contributed by atoms with Crippen molar-refractivity contribution < 1.29 is 91.7 Å². The Morgan fingerprint density at radius 3 is 1.62 bits per heavy atom. The van der Waals surface area contributed by atoms with Crippen molar-refractivity contribution in [3.8, 4) is 34.2 Å². The van der Waals surface area contributed by atoms with Gasteiger partial charge in [0, 0.05) is 95.8 Å². The van der Waals surface area contributed by atoms with Gasteiger partial charge in [-0.3, -0.25) is 9.36 Å². The first-order chi connectivity index (χ1) is 43.4. The van der Waals surface area contributed by atoms with E-state index in [1.165, 1.54) is 96.6 Å². The molecule has 0 spiro atoms. The first-order valence-corrected chi connectivity index (χ1v) is 36.4. The van der Waals surface area contributed by atoms with Gasteiger partial charge in [-0.2, -0.15) is 89.2 Å². The summed E-state index contributed by atoms with van der Waals surface area (Å²) in [7, 11) is 7.39. The minimum absolute atomic E-state index is 0. The number of unbranched alkanes of at least 4 members (excludes halogenated alkanes) is 2. The Balaban J connectivity index is 0.000000249. The third-order valence-electron chi connectivity index (χ3n) is 13.6. The fourth-order valence-corrected chi connectivity index (χ4v) is 13.8. The van der Waals surface area contributed by atoms with Crippen LogP contribution in [-0.4, -0.2) is 112 Å². The predicted molar refractivity (Wildman–Crippen MR) is 339 cm³/mol. The molecule has 5 aromatic carbocycles. The maximum atomic E-state index is 13.9. The van der Waals surface area contributed by atoms with Gasteiger partial charge in [-0.15, -0.1) is 18.2 Å². The Kier molecular flexibility index (Phi) is 32.6. The van der Waals surface area contributed by atoms with Crippen LogP contribution in [0, 0.1) is 23.8 Å². The van der Waals surface area contributed by atoms with Crippen LogP contribution in [0.5, 0.6) is 5.75 Å². The Bertz CT molecular complexity index is 3860. The maximum Gasteiger partial charge on any atom is 0.494 e. The zero-order valence-corrected chi connectivity index (χ0v) is 63.1. The summed E-state index contributed by atoms with van der Waals surface area (Å²) < 4.78 is 156. The molecule has 10 rings (SSSR count). The molecule has 0 aliphatic carbocycles. The summed E-state index contributed by atoms with van der Waals surface area (Å²) in [5, 5.41) is 19.8. The van der Waals surface area contributed by atoms with Gasteiger partial charge in [-0.1, -0.05) is 88.9 Å². The van der Waals surface area contributed by atoms with Gasteiger partial charge >= 0.3 is 146 Å². The van der Waals surface area contributed by atoms with Crippen molar-refractivity contribution in [1.29, 1.82) is 0 Å². The monoisotopic (exact) mass is 1680 g/mol. The normalized spacial score (nSPS) is 11.1. The van der Waals surface area contributed by atoms with E-state index in [9.17, 15) is 48.3 Å². The molecular formula is C63H64Al2F11GaIrN11ORhS2-2. The van der Waals surface area contributed by atoms with Crippen LogP contribution in [0.1, 0.15) is 98.5 Å². The fourth-order valence-electron chi connectivity index (χ4n) is 9.10. The van der Waals surface area contributed by atoms with E-state index in [1.54, 1.807) is 30.9 Å². The van der Waals surface area contributed by atoms with E-state index in [2.05, 4.69) is 99.7 Å². The van der Waals surface area contributed by atoms with Crippen LogP contribution < -0.4 is 8.69 Å². The third kappa shape index (κ3) is 21.8. The molecular weight excluding hydrogens is 1620 g/mol. The first kappa shape index (κ1) is 80.1. The number of para-hydroxylation sites is 1. The second kappa shape index (κ2) is 37.8. The maximum absolute atomic E-state index is 13.9. The van der Waals surface area contributed by atoms with E-state index in [0.29, 0.717) is 28.6 Å². The van der Waals surface area contributed by atoms with Crippen LogP contribution >= 0.6 is 19.8 Å². The Morgan fingerprint density at radius 1 is 0.591 bits per heavy atom. The molecule has 0 amide bonds. The number of benzene rings is 5. The number of halogens is 11. The smallest absolute Gasteiger partial charge is 0.494 e. The summed E-state index contributed by atoms with van der Waals surface area (Å²) in [6.07, 6.45) is 6.12. The Labute approximate surface area is 592 Å². The van der Waals surface area contributed by atoms with Crippen molar-refractivity contribution in [2.24, 2.45) is 0 Å². The van der Waals surface area contributed by atoms with Gasteiger partial charge in [0.25, 0.3) is 15.2 Å². The quantitative estimate of drug-likeness (QED) is 0.0382. The van der Waals surface area contributed by atoms with E-state index < -0.39 is 52.7 Å². The minimum Gasteiger partial charge on any atom is -0.649 e. The first-order valence-electron chi connectivity index (χ1n) is 28.5. The molecule has 5 heterocycles. The molecule has 0 bridgehead atoms. The summed E-state index contributed by atoms with van der Waals surface area (Å²) in [4.78, 5) is 4.13. The molecule has 0 fully saturated rings. The number of nitrogens with zero attached hydrogens (tertiary/aromatic N) is 11. The Morgan fingerprint density at radius 2 is 1.14 bits per heavy atom. The molecule has 0 aliphatic heterocycles. The van der Waals surface area contributed by atoms with Crippen LogP contribution in [-0.2, 0) is 90.2 Å². The number of hydrogen-bond acceptors (Lipinski definition) is 9. The van der Waals surface area contributed by atoms with Crippen molar-refractivity contribution in [3.63, 3.8) is 0 Å². The van der Waals surface area contributed by atoms with E-state index >= 15 is 0 Å². The number of anilines is 1. The average Bonchev–Trinajstić information content (AvgIpc) is 1.72. The second-order valence-electron chi connectivity index (χ2n) is 19.9. The molecule has 93 heavy (non-hydrogen) atoms. The van der Waals surface area contributed by atoms with E-state index in [0.717, 1.165) is 53.4 Å². The largest absolute Gasteiger partial charge is 0.649 e. The van der Waals surface area contributed by atoms with Crippen LogP contribution in [0.3, 0.4) is 0 Å². The zero-order chi connectivity index (χ0) is 66.6. The molecule has 0 aliphatic rings. The summed E-state index contributed by atoms with van der Waals surface area (Å²) in [6, 6.07) is 31.9. The molecule has 0 unspecified atom stereocenters. The molecule has 0 atom stereocenters. The van der Waals surface area contributed by atoms with E-state index in [1.807, 2.05) is 115 Å². The zero-order valence-electron chi connectivity index (χ0n) is 51.6. The molecule has 12 nitrogen and oxygen atoms in total. The SMILES string of the molecule is CCCCCc1cccc(-n2cccn2)c1[S][AlH].CCc1[c-]c(-n2cccn2)cc(N(C)C)c1.CCc1[c-]c(-n2ncc(C(F)(F)F)c2C(F)(F)F)cc(C(F)(F)F)c1.CCc1c(F)cc(F)c(-n2cccn2)c1[S][GaH].CCc1cccc(-n2cccn2)c1[O][AlH].[Ir].[Rh]. The van der Waals surface area contributed by atoms with E-state index in [-0.39, 0.29) is 68.5 Å². The van der Waals surface area contributed by atoms with Gasteiger partial charge in [-0.25, -0.2) is 19.5 Å². The minimum atomic E-state index is -5.49. The standard InChI is InChI=1S/C14H8F9N2.C14H18N2S.C13H16N3.C11H10F2N2S.C11H12N2O.2Al.Ga.Ir.Rh.3H/c1-2-7-3-8(12(15,16)17)5-9(4-7)25-11(14(21,22)23)10(6-24-25)13(18,19)20;1-2-3-4-7-12-8-5-9-13(14(12)17)16-11-6-10-15-16;1-4-11-8-12(15(2)3)10-13(9-11)16-7-5-6-14-16;1-2-7-8(12)6-9(13)10(11(7)16)15-5-3-4-14-15;1-2-9-5-3-6-10(11(9)14)13-8-4-7-12-13;;;;;;;;/h3,5-6H,2H2,1H3;5-6,8-11,17H,2-4,7H2,1H3;5-8,10H,4H2,1-3H3;3-6,16H,2H2,1H3;3-8,14H,2H2,1H3;;;;;;;;/q-1;;-1;;;3*+1;;;;;/p-3. The van der Waals surface area contributed by atoms with Gasteiger partial charge < -0.3 is 8.69 Å². The van der Waals surface area contributed by atoms with Crippen molar-refractivity contribution >= 4 is 74.7 Å². The second-order valence-corrected chi connectivity index (χ2v) is 24.2. The average molecular weight is 1680 g/mol. The van der Waals surface area contributed by atoms with Crippen LogP contribution in [0.15, 0.2) is 157 Å². The number of aryl methyl sites for hydroxylation is 4. The van der Waals surface area contributed by atoms with Crippen LogP contribution in [0.25, 0.3) is 28.4 Å². The molecule has 495 valence electrons. The van der Waals surface area contributed by atoms with Crippen LogP contribution in [0.4, 0.5) is 54.0 Å². The van der Waals surface area contributed by atoms with Crippen molar-refractivity contribution in [2.75, 3.05) is 19.0 Å². The molecule has 0 saturated heterocycles. The summed E-state index contributed by atoms with van der Waals surface area (Å²) in [6.45, 7) is 9.79. The number of alkyl halides is 9. The third-order valence-corrected chi connectivity index (χ3v) is 18.1. The molecule has 0 N–H and O–H groups in total. The topological polar surface area (TPSA) is 102 Å². The van der Waals surface area contributed by atoms with Crippen molar-refractivity contribution in [1.82, 2.24) is 48.9 Å². The van der Waals surface area contributed by atoms with Crippen LogP contribution in [0.2, 0.25) is 0 Å². The summed E-state index contributed by atoms with van der Waals surface area (Å²) >= 11 is 4.31.